The molecule has 0 aliphatic rings. The van der Waals surface area contributed by atoms with Crippen LogP contribution in [0.1, 0.15) is 0 Å². The van der Waals surface area contributed by atoms with Crippen molar-refractivity contribution in [2.45, 2.75) is 0 Å². The molecule has 8 heteroatoms. The molecule has 0 saturated carbocycles. The molecule has 8 heavy (non-hydrogen) atoms. The van der Waals surface area contributed by atoms with E-state index in [2.05, 4.69) is 11.2 Å². The minimum atomic E-state index is -4.67. The van der Waals surface area contributed by atoms with Gasteiger partial charge in [0, 0.05) is 6.95 Å². The van der Waals surface area contributed by atoms with Crippen LogP contribution in [-0.4, -0.2) is 0 Å². The van der Waals surface area contributed by atoms with Gasteiger partial charge in [-0.2, -0.15) is 0 Å². The molecule has 3 nitrogen and oxygen atoms in total. The zero-order chi connectivity index (χ0) is 4.50. The van der Waals surface area contributed by atoms with Crippen molar-refractivity contribution in [3.63, 3.8) is 0 Å². The Morgan fingerprint density at radius 3 is 1.12 bits per heavy atom. The van der Waals surface area contributed by atoms with Crippen molar-refractivity contribution in [3.8, 4) is 0 Å². The molecule has 0 amide bonds. The minimum absolute atomic E-state index is 0. The van der Waals surface area contributed by atoms with Crippen LogP contribution in [-0.2, 0) is 4.57 Å². The van der Waals surface area contributed by atoms with Gasteiger partial charge in [-0.1, -0.05) is 11.2 Å². The standard InChI is InChI=1S/ClH2O3P.3Na/c1-5(2,3)4;;;/h(H2,2,3,4);;;/q;3*+1/p-2. The fraction of sp³-hybridized carbons (Fsp3) is 0. The molecule has 0 radical (unpaired) electrons. The first-order chi connectivity index (χ1) is 2.00. The summed E-state index contributed by atoms with van der Waals surface area (Å²) in [7, 11) is 0. The monoisotopic (exact) mass is 183 g/mol. The summed E-state index contributed by atoms with van der Waals surface area (Å²) in [6.07, 6.45) is 0. The number of hydrogen-bond acceptors (Lipinski definition) is 3. The van der Waals surface area contributed by atoms with E-state index < -0.39 is 6.95 Å². The summed E-state index contributed by atoms with van der Waals surface area (Å²) in [5, 5.41) is 0. The van der Waals surface area contributed by atoms with Gasteiger partial charge in [0.1, 0.15) is 0 Å². The van der Waals surface area contributed by atoms with Crippen molar-refractivity contribution >= 4 is 18.2 Å². The van der Waals surface area contributed by atoms with E-state index in [1.165, 1.54) is 0 Å². The quantitative estimate of drug-likeness (QED) is 0.277. The van der Waals surface area contributed by atoms with E-state index >= 15 is 0 Å². The summed E-state index contributed by atoms with van der Waals surface area (Å²) in [6.45, 7) is -4.67. The molecule has 0 fully saturated rings. The fourth-order valence-electron chi connectivity index (χ4n) is 0. The molecule has 0 saturated heterocycles. The second kappa shape index (κ2) is 10.4. The molecule has 0 spiro atoms. The van der Waals surface area contributed by atoms with Crippen LogP contribution in [0.4, 0.5) is 0 Å². The van der Waals surface area contributed by atoms with Crippen LogP contribution in [0.25, 0.3) is 0 Å². The van der Waals surface area contributed by atoms with Crippen molar-refractivity contribution in [1.29, 1.82) is 0 Å². The first kappa shape index (κ1) is 22.5. The maximum atomic E-state index is 8.87. The average Bonchev–Trinajstić information content (AvgIpc) is 0.722. The van der Waals surface area contributed by atoms with Crippen molar-refractivity contribution in [1.82, 2.24) is 0 Å². The Balaban J connectivity index is -0.0000000267. The van der Waals surface area contributed by atoms with Crippen molar-refractivity contribution in [2.75, 3.05) is 0 Å². The van der Waals surface area contributed by atoms with Gasteiger partial charge in [-0.15, -0.1) is 0 Å². The largest absolute Gasteiger partial charge is 1.00 e. The number of rotatable bonds is 0. The van der Waals surface area contributed by atoms with Gasteiger partial charge in [0.25, 0.3) is 0 Å². The zero-order valence-corrected chi connectivity index (χ0v) is 12.7. The maximum absolute atomic E-state index is 8.87. The molecule has 0 rings (SSSR count). The molecule has 0 N–H and O–H groups in total. The predicted octanol–water partition coefficient (Wildman–Crippen LogP) is -9.93. The SMILES string of the molecule is O=P([O-])([O-])Cl.[Na+].[Na+].[Na+]. The summed E-state index contributed by atoms with van der Waals surface area (Å²) in [5.74, 6) is 0. The minimum Gasteiger partial charge on any atom is -0.799 e. The fourth-order valence-corrected chi connectivity index (χ4v) is 0. The van der Waals surface area contributed by atoms with Gasteiger partial charge in [0.05, 0.1) is 0 Å². The van der Waals surface area contributed by atoms with E-state index in [0.29, 0.717) is 0 Å². The summed E-state index contributed by atoms with van der Waals surface area (Å²) in [6, 6.07) is 0. The Morgan fingerprint density at radius 2 is 1.12 bits per heavy atom. The average molecular weight is 183 g/mol. The van der Waals surface area contributed by atoms with Crippen LogP contribution in [0.15, 0.2) is 0 Å². The predicted molar refractivity (Wildman–Crippen MR) is 13.5 cm³/mol. The maximum Gasteiger partial charge on any atom is 1.00 e. The van der Waals surface area contributed by atoms with Gasteiger partial charge < -0.3 is 14.4 Å². The Morgan fingerprint density at radius 1 is 1.12 bits per heavy atom. The molecule has 0 aromatic rings. The van der Waals surface area contributed by atoms with Gasteiger partial charge in [0.15, 0.2) is 0 Å². The molecule has 0 aromatic carbocycles. The molecular formula is ClNa3O3P+. The Kier molecular flexibility index (Phi) is 29.4. The van der Waals surface area contributed by atoms with Crippen LogP contribution in [0.2, 0.25) is 0 Å². The second-order valence-electron chi connectivity index (χ2n) is 0.431. The van der Waals surface area contributed by atoms with E-state index in [9.17, 15) is 0 Å². The third-order valence-electron chi connectivity index (χ3n) is 0. The molecule has 0 aromatic heterocycles. The van der Waals surface area contributed by atoms with Crippen molar-refractivity contribution in [2.24, 2.45) is 0 Å². The first-order valence-electron chi connectivity index (χ1n) is 0.717. The molecular weight excluding hydrogens is 183 g/mol. The van der Waals surface area contributed by atoms with E-state index in [1.54, 1.807) is 0 Å². The van der Waals surface area contributed by atoms with E-state index in [0.717, 1.165) is 0 Å². The van der Waals surface area contributed by atoms with Gasteiger partial charge in [-0.05, 0) is 0 Å². The van der Waals surface area contributed by atoms with E-state index in [1.807, 2.05) is 0 Å². The molecule has 0 bridgehead atoms. The van der Waals surface area contributed by atoms with Crippen LogP contribution in [0.5, 0.6) is 0 Å². The molecule has 0 aliphatic heterocycles. The third-order valence-corrected chi connectivity index (χ3v) is 0. The summed E-state index contributed by atoms with van der Waals surface area (Å²) in [5.41, 5.74) is 0. The van der Waals surface area contributed by atoms with Crippen LogP contribution in [0, 0.1) is 0 Å². The van der Waals surface area contributed by atoms with Crippen molar-refractivity contribution < 1.29 is 103 Å². The van der Waals surface area contributed by atoms with Crippen LogP contribution < -0.4 is 98.5 Å². The molecule has 0 aliphatic carbocycles. The second-order valence-corrected chi connectivity index (χ2v) is 2.53. The van der Waals surface area contributed by atoms with Crippen molar-refractivity contribution in [3.05, 3.63) is 0 Å². The van der Waals surface area contributed by atoms with E-state index in [-0.39, 0.29) is 88.7 Å². The molecule has 32 valence electrons. The molecule has 0 atom stereocenters. The number of halogens is 1. The topological polar surface area (TPSA) is 63.2 Å². The van der Waals surface area contributed by atoms with Gasteiger partial charge >= 0.3 is 88.7 Å². The smallest absolute Gasteiger partial charge is 0.799 e. The molecule has 0 heterocycles. The molecule has 0 unspecified atom stereocenters. The van der Waals surface area contributed by atoms with Gasteiger partial charge in [-0.25, -0.2) is 0 Å². The third kappa shape index (κ3) is 56.8. The Bertz CT molecular complexity index is 60.7. The number of hydrogen-bond donors (Lipinski definition) is 0. The van der Waals surface area contributed by atoms with Gasteiger partial charge in [-0.3, -0.25) is 0 Å². The van der Waals surface area contributed by atoms with Crippen LogP contribution in [0.3, 0.4) is 0 Å². The zero-order valence-electron chi connectivity index (χ0n) is 5.05. The summed E-state index contributed by atoms with van der Waals surface area (Å²) >= 11 is 3.97. The normalized spacial score (nSPS) is 7.38. The Labute approximate surface area is 119 Å². The summed E-state index contributed by atoms with van der Waals surface area (Å²) < 4.78 is 8.87. The first-order valence-corrected chi connectivity index (χ1v) is 3.16. The van der Waals surface area contributed by atoms with E-state index in [4.69, 9.17) is 14.4 Å². The summed E-state index contributed by atoms with van der Waals surface area (Å²) in [4.78, 5) is 17.7. The Hall–Kier alpha value is 3.44. The van der Waals surface area contributed by atoms with Crippen LogP contribution >= 0.6 is 18.2 Å². The van der Waals surface area contributed by atoms with Gasteiger partial charge in [0.2, 0.25) is 0 Å².